The molecular formula is C13H13N5S. The van der Waals surface area contributed by atoms with Crippen molar-refractivity contribution in [1.82, 2.24) is 19.9 Å². The second kappa shape index (κ2) is 5.38. The van der Waals surface area contributed by atoms with Crippen LogP contribution in [-0.2, 0) is 0 Å². The number of nitrogens with one attached hydrogen (secondary N) is 1. The number of aromatic amines is 1. The van der Waals surface area contributed by atoms with Gasteiger partial charge in [-0.05, 0) is 5.56 Å². The molecule has 1 aromatic carbocycles. The summed E-state index contributed by atoms with van der Waals surface area (Å²) < 4.78 is 0. The first-order chi connectivity index (χ1) is 9.34. The number of rotatable bonds is 4. The molecule has 0 saturated carbocycles. The quantitative estimate of drug-likeness (QED) is 0.561. The van der Waals surface area contributed by atoms with Crippen molar-refractivity contribution in [3.05, 3.63) is 48.5 Å². The van der Waals surface area contributed by atoms with Gasteiger partial charge in [0, 0.05) is 11.8 Å². The Bertz CT molecular complexity index is 667. The molecule has 0 bridgehead atoms. The Balaban J connectivity index is 1.74. The van der Waals surface area contributed by atoms with Gasteiger partial charge in [-0.3, -0.25) is 0 Å². The van der Waals surface area contributed by atoms with Crippen molar-refractivity contribution in [2.75, 3.05) is 5.75 Å². The minimum atomic E-state index is -0.0147. The number of hydrogen-bond acceptors (Lipinski definition) is 5. The number of thioether (sulfide) groups is 1. The van der Waals surface area contributed by atoms with Crippen LogP contribution in [-0.4, -0.2) is 25.7 Å². The predicted octanol–water partition coefficient (Wildman–Crippen LogP) is 2.15. The number of benzene rings is 1. The van der Waals surface area contributed by atoms with Gasteiger partial charge >= 0.3 is 0 Å². The second-order valence-electron chi connectivity index (χ2n) is 4.11. The largest absolute Gasteiger partial charge is 0.341 e. The highest BCUT2D eigenvalue weighted by Crippen LogP contribution is 2.25. The fourth-order valence-corrected chi connectivity index (χ4v) is 2.76. The lowest BCUT2D eigenvalue weighted by Crippen LogP contribution is -2.12. The van der Waals surface area contributed by atoms with Gasteiger partial charge in [0.25, 0.3) is 0 Å². The summed E-state index contributed by atoms with van der Waals surface area (Å²) in [6.45, 7) is 0. The van der Waals surface area contributed by atoms with E-state index in [1.54, 1.807) is 18.1 Å². The van der Waals surface area contributed by atoms with Crippen LogP contribution in [0.3, 0.4) is 0 Å². The van der Waals surface area contributed by atoms with Gasteiger partial charge in [0.2, 0.25) is 0 Å². The Morgan fingerprint density at radius 1 is 1.16 bits per heavy atom. The molecule has 0 fully saturated rings. The molecule has 0 aliphatic carbocycles. The number of H-pyrrole nitrogens is 1. The molecule has 2 heterocycles. The van der Waals surface area contributed by atoms with Crippen molar-refractivity contribution in [2.45, 2.75) is 11.1 Å². The van der Waals surface area contributed by atoms with E-state index in [1.165, 1.54) is 6.33 Å². The molecule has 3 rings (SSSR count). The molecule has 6 heteroatoms. The molecule has 0 aliphatic rings. The lowest BCUT2D eigenvalue weighted by molar-refractivity contribution is 0.830. The highest BCUT2D eigenvalue weighted by Gasteiger charge is 2.10. The van der Waals surface area contributed by atoms with Crippen molar-refractivity contribution in [2.24, 2.45) is 5.73 Å². The third kappa shape index (κ3) is 2.59. The van der Waals surface area contributed by atoms with Gasteiger partial charge in [-0.1, -0.05) is 30.3 Å². The summed E-state index contributed by atoms with van der Waals surface area (Å²) in [4.78, 5) is 15.5. The molecule has 5 nitrogen and oxygen atoms in total. The van der Waals surface area contributed by atoms with Crippen LogP contribution in [0.5, 0.6) is 0 Å². The van der Waals surface area contributed by atoms with E-state index >= 15 is 0 Å². The zero-order chi connectivity index (χ0) is 13.1. The normalized spacial score (nSPS) is 12.7. The maximum Gasteiger partial charge on any atom is 0.181 e. The molecule has 3 N–H and O–H groups in total. The third-order valence-corrected chi connectivity index (χ3v) is 3.92. The molecule has 2 aromatic heterocycles. The second-order valence-corrected chi connectivity index (χ2v) is 5.12. The van der Waals surface area contributed by atoms with Crippen LogP contribution in [0.4, 0.5) is 0 Å². The molecule has 1 unspecified atom stereocenters. The minimum Gasteiger partial charge on any atom is -0.341 e. The van der Waals surface area contributed by atoms with Crippen molar-refractivity contribution < 1.29 is 0 Å². The number of nitrogens with two attached hydrogens (primary N) is 1. The first kappa shape index (κ1) is 12.1. The molecule has 0 amide bonds. The number of hydrogen-bond donors (Lipinski definition) is 2. The van der Waals surface area contributed by atoms with Gasteiger partial charge in [-0.25, -0.2) is 15.0 Å². The Kier molecular flexibility index (Phi) is 3.43. The molecule has 19 heavy (non-hydrogen) atoms. The van der Waals surface area contributed by atoms with Crippen LogP contribution >= 0.6 is 11.8 Å². The lowest BCUT2D eigenvalue weighted by atomic mass is 10.1. The van der Waals surface area contributed by atoms with Gasteiger partial charge in [0.05, 0.1) is 6.33 Å². The van der Waals surface area contributed by atoms with E-state index in [9.17, 15) is 0 Å². The van der Waals surface area contributed by atoms with E-state index < -0.39 is 0 Å². The molecule has 96 valence electrons. The molecular weight excluding hydrogens is 258 g/mol. The van der Waals surface area contributed by atoms with Crippen LogP contribution in [0.2, 0.25) is 0 Å². The van der Waals surface area contributed by atoms with Crippen molar-refractivity contribution in [3.63, 3.8) is 0 Å². The Labute approximate surface area is 114 Å². The third-order valence-electron chi connectivity index (χ3n) is 2.82. The summed E-state index contributed by atoms with van der Waals surface area (Å²) >= 11 is 1.61. The molecule has 0 aliphatic heterocycles. The van der Waals surface area contributed by atoms with E-state index in [2.05, 4.69) is 19.9 Å². The first-order valence-electron chi connectivity index (χ1n) is 5.92. The highest BCUT2D eigenvalue weighted by molar-refractivity contribution is 7.99. The predicted molar refractivity (Wildman–Crippen MR) is 75.8 cm³/mol. The Morgan fingerprint density at radius 2 is 2.00 bits per heavy atom. The van der Waals surface area contributed by atoms with Crippen LogP contribution in [0.1, 0.15) is 11.6 Å². The zero-order valence-electron chi connectivity index (χ0n) is 10.2. The standard InChI is InChI=1S/C13H13N5S/c14-10(9-4-2-1-3-5-9)6-19-13-11-12(16-7-15-11)17-8-18-13/h1-5,7-8,10H,6,14H2,(H,15,16,17,18). The van der Waals surface area contributed by atoms with E-state index in [4.69, 9.17) is 5.73 Å². The summed E-state index contributed by atoms with van der Waals surface area (Å²) in [6.07, 6.45) is 3.15. The van der Waals surface area contributed by atoms with Crippen molar-refractivity contribution in [3.8, 4) is 0 Å². The van der Waals surface area contributed by atoms with Crippen LogP contribution in [0, 0.1) is 0 Å². The van der Waals surface area contributed by atoms with Crippen LogP contribution in [0.15, 0.2) is 48.0 Å². The average molecular weight is 271 g/mol. The number of nitrogens with zero attached hydrogens (tertiary/aromatic N) is 3. The minimum absolute atomic E-state index is 0.0147. The fourth-order valence-electron chi connectivity index (χ4n) is 1.82. The maximum atomic E-state index is 6.17. The van der Waals surface area contributed by atoms with Gasteiger partial charge in [-0.2, -0.15) is 0 Å². The van der Waals surface area contributed by atoms with Gasteiger partial charge in [-0.15, -0.1) is 11.8 Å². The number of aromatic nitrogens is 4. The van der Waals surface area contributed by atoms with E-state index in [-0.39, 0.29) is 6.04 Å². The van der Waals surface area contributed by atoms with Gasteiger partial charge < -0.3 is 10.7 Å². The molecule has 0 spiro atoms. The summed E-state index contributed by atoms with van der Waals surface area (Å²) in [7, 11) is 0. The molecule has 3 aromatic rings. The Morgan fingerprint density at radius 3 is 2.84 bits per heavy atom. The molecule has 1 atom stereocenters. The zero-order valence-corrected chi connectivity index (χ0v) is 11.0. The summed E-state index contributed by atoms with van der Waals surface area (Å²) in [5.74, 6) is 0.759. The SMILES string of the molecule is NC(CSc1ncnc2nc[nH]c12)c1ccccc1. The van der Waals surface area contributed by atoms with E-state index in [0.29, 0.717) is 5.65 Å². The maximum absolute atomic E-state index is 6.17. The van der Waals surface area contributed by atoms with Crippen LogP contribution < -0.4 is 5.73 Å². The summed E-state index contributed by atoms with van der Waals surface area (Å²) in [5, 5.41) is 0.883. The smallest absolute Gasteiger partial charge is 0.181 e. The Hall–Kier alpha value is -1.92. The average Bonchev–Trinajstić information content (AvgIpc) is 2.94. The van der Waals surface area contributed by atoms with Crippen molar-refractivity contribution in [1.29, 1.82) is 0 Å². The number of imidazole rings is 1. The van der Waals surface area contributed by atoms with Gasteiger partial charge in [0.15, 0.2) is 5.65 Å². The van der Waals surface area contributed by atoms with E-state index in [0.717, 1.165) is 21.9 Å². The molecule has 0 saturated heterocycles. The topological polar surface area (TPSA) is 80.5 Å². The van der Waals surface area contributed by atoms with Crippen LogP contribution in [0.25, 0.3) is 11.2 Å². The van der Waals surface area contributed by atoms with Crippen molar-refractivity contribution >= 4 is 22.9 Å². The van der Waals surface area contributed by atoms with Gasteiger partial charge in [0.1, 0.15) is 16.9 Å². The monoisotopic (exact) mass is 271 g/mol. The summed E-state index contributed by atoms with van der Waals surface area (Å²) in [5.41, 5.74) is 8.86. The number of fused-ring (bicyclic) bond motifs is 1. The fraction of sp³-hybridized carbons (Fsp3) is 0.154. The highest BCUT2D eigenvalue weighted by atomic mass is 32.2. The first-order valence-corrected chi connectivity index (χ1v) is 6.90. The summed E-state index contributed by atoms with van der Waals surface area (Å²) in [6, 6.07) is 10.0. The lowest BCUT2D eigenvalue weighted by Gasteiger charge is -2.11. The van der Waals surface area contributed by atoms with E-state index in [1.807, 2.05) is 30.3 Å². The molecule has 0 radical (unpaired) electrons.